The number of carbonyl (C=O) groups is 3. The average Bonchev–Trinajstić information content (AvgIpc) is 2.36. The molecule has 0 bridgehead atoms. The predicted molar refractivity (Wildman–Crippen MR) is 63.9 cm³/mol. The maximum atomic E-state index is 11.4. The highest BCUT2D eigenvalue weighted by molar-refractivity contribution is 5.87. The van der Waals surface area contributed by atoms with Crippen molar-refractivity contribution in [2.24, 2.45) is 5.73 Å². The standard InChI is InChI=1S/C12H13NO6/c13-9(12(17)18)5-6-10(14)19-8-3-1-7(2-4-8)11(15)16/h1-4,9H,5-6,13H2,(H,15,16)(H,17,18). The van der Waals surface area contributed by atoms with Gasteiger partial charge in [0.05, 0.1) is 5.56 Å². The number of rotatable bonds is 6. The molecule has 19 heavy (non-hydrogen) atoms. The van der Waals surface area contributed by atoms with Crippen LogP contribution in [0.1, 0.15) is 23.2 Å². The van der Waals surface area contributed by atoms with Gasteiger partial charge in [-0.25, -0.2) is 4.79 Å². The van der Waals surface area contributed by atoms with Crippen molar-refractivity contribution in [2.45, 2.75) is 18.9 Å². The van der Waals surface area contributed by atoms with Crippen molar-refractivity contribution in [1.29, 1.82) is 0 Å². The van der Waals surface area contributed by atoms with E-state index in [-0.39, 0.29) is 24.2 Å². The molecule has 0 aliphatic rings. The van der Waals surface area contributed by atoms with Crippen LogP contribution in [0.3, 0.4) is 0 Å². The molecule has 0 fully saturated rings. The number of aliphatic carboxylic acids is 1. The zero-order chi connectivity index (χ0) is 14.4. The molecular formula is C12H13NO6. The lowest BCUT2D eigenvalue weighted by Gasteiger charge is -2.06. The molecule has 0 radical (unpaired) electrons. The molecule has 1 aromatic rings. The van der Waals surface area contributed by atoms with Crippen LogP contribution in [0.5, 0.6) is 5.75 Å². The number of carboxylic acid groups (broad SMARTS) is 2. The summed E-state index contributed by atoms with van der Waals surface area (Å²) < 4.78 is 4.90. The molecular weight excluding hydrogens is 254 g/mol. The minimum absolute atomic E-state index is 0.0264. The molecule has 0 saturated heterocycles. The van der Waals surface area contributed by atoms with Crippen LogP contribution in [0.2, 0.25) is 0 Å². The van der Waals surface area contributed by atoms with Crippen molar-refractivity contribution in [3.05, 3.63) is 29.8 Å². The fourth-order valence-corrected chi connectivity index (χ4v) is 1.24. The Morgan fingerprint density at radius 1 is 1.16 bits per heavy atom. The summed E-state index contributed by atoms with van der Waals surface area (Å²) in [6, 6.07) is 4.18. The Bertz CT molecular complexity index is 481. The zero-order valence-electron chi connectivity index (χ0n) is 9.91. The van der Waals surface area contributed by atoms with Crippen molar-refractivity contribution in [1.82, 2.24) is 0 Å². The highest BCUT2D eigenvalue weighted by atomic mass is 16.5. The van der Waals surface area contributed by atoms with Crippen LogP contribution in [0.15, 0.2) is 24.3 Å². The number of nitrogens with two attached hydrogens (primary N) is 1. The van der Waals surface area contributed by atoms with Gasteiger partial charge in [0.2, 0.25) is 0 Å². The summed E-state index contributed by atoms with van der Waals surface area (Å²) in [4.78, 5) is 32.4. The van der Waals surface area contributed by atoms with E-state index < -0.39 is 23.9 Å². The van der Waals surface area contributed by atoms with Crippen LogP contribution in [-0.2, 0) is 9.59 Å². The highest BCUT2D eigenvalue weighted by Gasteiger charge is 2.14. The Labute approximate surface area is 108 Å². The lowest BCUT2D eigenvalue weighted by Crippen LogP contribution is -2.31. The van der Waals surface area contributed by atoms with Crippen LogP contribution in [0.4, 0.5) is 0 Å². The van der Waals surface area contributed by atoms with Crippen LogP contribution in [-0.4, -0.2) is 34.2 Å². The van der Waals surface area contributed by atoms with E-state index >= 15 is 0 Å². The molecule has 0 spiro atoms. The Morgan fingerprint density at radius 2 is 1.74 bits per heavy atom. The Hall–Kier alpha value is -2.41. The third kappa shape index (κ3) is 4.76. The van der Waals surface area contributed by atoms with Gasteiger partial charge in [-0.3, -0.25) is 9.59 Å². The summed E-state index contributed by atoms with van der Waals surface area (Å²) in [5.41, 5.74) is 5.32. The Morgan fingerprint density at radius 3 is 2.21 bits per heavy atom. The maximum absolute atomic E-state index is 11.4. The van der Waals surface area contributed by atoms with E-state index in [1.807, 2.05) is 0 Å². The fourth-order valence-electron chi connectivity index (χ4n) is 1.24. The van der Waals surface area contributed by atoms with Crippen molar-refractivity contribution in [2.75, 3.05) is 0 Å². The fraction of sp³-hybridized carbons (Fsp3) is 0.250. The number of hydrogen-bond donors (Lipinski definition) is 3. The molecule has 0 saturated carbocycles. The van der Waals surface area contributed by atoms with Gasteiger partial charge in [0, 0.05) is 6.42 Å². The number of hydrogen-bond acceptors (Lipinski definition) is 5. The third-order valence-electron chi connectivity index (χ3n) is 2.31. The summed E-state index contributed by atoms with van der Waals surface area (Å²) in [6.07, 6.45) is -0.157. The minimum Gasteiger partial charge on any atom is -0.480 e. The monoisotopic (exact) mass is 267 g/mol. The number of carboxylic acids is 2. The summed E-state index contributed by atoms with van der Waals surface area (Å²) in [5, 5.41) is 17.2. The number of benzene rings is 1. The Balaban J connectivity index is 2.48. The summed E-state index contributed by atoms with van der Waals surface area (Å²) in [5.74, 6) is -2.69. The van der Waals surface area contributed by atoms with E-state index in [9.17, 15) is 14.4 Å². The molecule has 0 aliphatic carbocycles. The molecule has 1 aromatic carbocycles. The van der Waals surface area contributed by atoms with Gasteiger partial charge in [-0.2, -0.15) is 0 Å². The van der Waals surface area contributed by atoms with Crippen molar-refractivity contribution >= 4 is 17.9 Å². The maximum Gasteiger partial charge on any atom is 0.335 e. The van der Waals surface area contributed by atoms with E-state index in [2.05, 4.69) is 0 Å². The first-order valence-corrected chi connectivity index (χ1v) is 5.42. The topological polar surface area (TPSA) is 127 Å². The molecule has 4 N–H and O–H groups in total. The van der Waals surface area contributed by atoms with Crippen LogP contribution in [0.25, 0.3) is 0 Å². The van der Waals surface area contributed by atoms with E-state index in [0.29, 0.717) is 0 Å². The number of aromatic carboxylic acids is 1. The minimum atomic E-state index is -1.18. The molecule has 0 aliphatic heterocycles. The van der Waals surface area contributed by atoms with Gasteiger partial charge < -0.3 is 20.7 Å². The first kappa shape index (κ1) is 14.7. The SMILES string of the molecule is NC(CCC(=O)Oc1ccc(C(=O)O)cc1)C(=O)O. The lowest BCUT2D eigenvalue weighted by molar-refractivity contribution is -0.139. The summed E-state index contributed by atoms with van der Waals surface area (Å²) >= 11 is 0. The molecule has 0 amide bonds. The largest absolute Gasteiger partial charge is 0.480 e. The average molecular weight is 267 g/mol. The van der Waals surface area contributed by atoms with Gasteiger partial charge >= 0.3 is 17.9 Å². The van der Waals surface area contributed by atoms with E-state index in [1.54, 1.807) is 0 Å². The van der Waals surface area contributed by atoms with Crippen LogP contribution < -0.4 is 10.5 Å². The number of ether oxygens (including phenoxy) is 1. The van der Waals surface area contributed by atoms with E-state index in [4.69, 9.17) is 20.7 Å². The zero-order valence-corrected chi connectivity index (χ0v) is 9.91. The molecule has 1 rings (SSSR count). The first-order valence-electron chi connectivity index (χ1n) is 5.42. The van der Waals surface area contributed by atoms with Gasteiger partial charge in [-0.15, -0.1) is 0 Å². The first-order chi connectivity index (χ1) is 8.90. The number of carbonyl (C=O) groups excluding carboxylic acids is 1. The second-order valence-corrected chi connectivity index (χ2v) is 3.79. The van der Waals surface area contributed by atoms with E-state index in [0.717, 1.165) is 0 Å². The normalized spacial score (nSPS) is 11.6. The van der Waals surface area contributed by atoms with Gasteiger partial charge in [0.25, 0.3) is 0 Å². The highest BCUT2D eigenvalue weighted by Crippen LogP contribution is 2.13. The van der Waals surface area contributed by atoms with Crippen LogP contribution in [0, 0.1) is 0 Å². The third-order valence-corrected chi connectivity index (χ3v) is 2.31. The molecule has 1 unspecified atom stereocenters. The van der Waals surface area contributed by atoms with Crippen LogP contribution >= 0.6 is 0 Å². The predicted octanol–water partition coefficient (Wildman–Crippen LogP) is 0.482. The van der Waals surface area contributed by atoms with Crippen molar-refractivity contribution in [3.8, 4) is 5.75 Å². The quantitative estimate of drug-likeness (QED) is 0.505. The lowest BCUT2D eigenvalue weighted by atomic mass is 10.2. The molecule has 7 heteroatoms. The van der Waals surface area contributed by atoms with Gasteiger partial charge in [0.1, 0.15) is 11.8 Å². The second kappa shape index (κ2) is 6.50. The Kier molecular flexibility index (Phi) is 5.01. The smallest absolute Gasteiger partial charge is 0.335 e. The molecule has 0 aromatic heterocycles. The molecule has 0 heterocycles. The van der Waals surface area contributed by atoms with Crippen molar-refractivity contribution < 1.29 is 29.3 Å². The van der Waals surface area contributed by atoms with E-state index in [1.165, 1.54) is 24.3 Å². The molecule has 7 nitrogen and oxygen atoms in total. The molecule has 1 atom stereocenters. The summed E-state index contributed by atoms with van der Waals surface area (Å²) in [6.45, 7) is 0. The molecule has 102 valence electrons. The van der Waals surface area contributed by atoms with Gasteiger partial charge in [-0.1, -0.05) is 0 Å². The number of esters is 1. The summed E-state index contributed by atoms with van der Waals surface area (Å²) in [7, 11) is 0. The van der Waals surface area contributed by atoms with Gasteiger partial charge in [0.15, 0.2) is 0 Å². The van der Waals surface area contributed by atoms with Gasteiger partial charge in [-0.05, 0) is 30.7 Å². The second-order valence-electron chi connectivity index (χ2n) is 3.79. The van der Waals surface area contributed by atoms with Crippen molar-refractivity contribution in [3.63, 3.8) is 0 Å².